The lowest BCUT2D eigenvalue weighted by atomic mass is 9.97. The van der Waals surface area contributed by atoms with E-state index in [0.29, 0.717) is 12.2 Å². The second-order valence-electron chi connectivity index (χ2n) is 7.41. The van der Waals surface area contributed by atoms with E-state index in [-0.39, 0.29) is 18.1 Å². The number of nitrogens with zero attached hydrogens (tertiary/aromatic N) is 3. The fourth-order valence-electron chi connectivity index (χ4n) is 3.75. The number of benzene rings is 1. The van der Waals surface area contributed by atoms with Gasteiger partial charge in [-0.25, -0.2) is 4.98 Å². The summed E-state index contributed by atoms with van der Waals surface area (Å²) in [4.78, 5) is 19.3. The van der Waals surface area contributed by atoms with E-state index in [4.69, 9.17) is 0 Å². The van der Waals surface area contributed by atoms with Crippen LogP contribution >= 0.6 is 11.8 Å². The number of carbonyl (C=O) groups is 1. The van der Waals surface area contributed by atoms with Crippen LogP contribution in [-0.2, 0) is 4.79 Å². The van der Waals surface area contributed by atoms with Crippen molar-refractivity contribution in [1.82, 2.24) is 14.5 Å². The Morgan fingerprint density at radius 2 is 2.19 bits per heavy atom. The van der Waals surface area contributed by atoms with Crippen molar-refractivity contribution in [3.05, 3.63) is 41.7 Å². The van der Waals surface area contributed by atoms with Crippen LogP contribution in [0.5, 0.6) is 0 Å². The van der Waals surface area contributed by atoms with Gasteiger partial charge < -0.3 is 10.0 Å². The quantitative estimate of drug-likeness (QED) is 0.767. The fourth-order valence-corrected chi connectivity index (χ4v) is 4.61. The second kappa shape index (κ2) is 8.93. The van der Waals surface area contributed by atoms with E-state index in [9.17, 15) is 9.90 Å². The number of aryl methyl sites for hydroxylation is 1. The first-order chi connectivity index (χ1) is 13.0. The van der Waals surface area contributed by atoms with Gasteiger partial charge in [0.2, 0.25) is 5.91 Å². The van der Waals surface area contributed by atoms with E-state index in [1.165, 1.54) is 22.9 Å². The number of amides is 1. The number of imidazole rings is 1. The first kappa shape index (κ1) is 20.0. The summed E-state index contributed by atoms with van der Waals surface area (Å²) in [5.74, 6) is 0.513. The lowest BCUT2D eigenvalue weighted by Gasteiger charge is -2.36. The van der Waals surface area contributed by atoms with E-state index >= 15 is 0 Å². The van der Waals surface area contributed by atoms with Gasteiger partial charge in [0.1, 0.15) is 0 Å². The van der Waals surface area contributed by atoms with Gasteiger partial charge in [-0.1, -0.05) is 23.9 Å². The van der Waals surface area contributed by atoms with Crippen molar-refractivity contribution >= 4 is 17.7 Å². The van der Waals surface area contributed by atoms with Gasteiger partial charge in [0.25, 0.3) is 0 Å². The van der Waals surface area contributed by atoms with Crippen LogP contribution in [0.25, 0.3) is 5.69 Å². The molecule has 1 aliphatic heterocycles. The first-order valence-electron chi connectivity index (χ1n) is 9.67. The molecule has 2 heterocycles. The Morgan fingerprint density at radius 1 is 1.37 bits per heavy atom. The third kappa shape index (κ3) is 4.74. The molecule has 146 valence electrons. The SMILES string of the molecule is Cc1cccc(-n2ccnc2SCC(=O)N2CCCCC2CC(C)O)c1C. The Balaban J connectivity index is 1.69. The van der Waals surface area contributed by atoms with Gasteiger partial charge in [0, 0.05) is 25.0 Å². The van der Waals surface area contributed by atoms with Gasteiger partial charge in [-0.15, -0.1) is 0 Å². The van der Waals surface area contributed by atoms with Crippen molar-refractivity contribution in [3.8, 4) is 5.69 Å². The van der Waals surface area contributed by atoms with Gasteiger partial charge in [0.15, 0.2) is 5.16 Å². The van der Waals surface area contributed by atoms with Crippen LogP contribution in [-0.4, -0.2) is 49.9 Å². The van der Waals surface area contributed by atoms with Gasteiger partial charge in [-0.3, -0.25) is 9.36 Å². The van der Waals surface area contributed by atoms with Gasteiger partial charge in [0.05, 0.1) is 17.5 Å². The average Bonchev–Trinajstić information content (AvgIpc) is 3.10. The molecule has 6 heteroatoms. The average molecular weight is 388 g/mol. The Bertz CT molecular complexity index is 787. The molecule has 3 rings (SSSR count). The van der Waals surface area contributed by atoms with Crippen molar-refractivity contribution in [2.24, 2.45) is 0 Å². The predicted octanol–water partition coefficient (Wildman–Crippen LogP) is 3.73. The highest BCUT2D eigenvalue weighted by Crippen LogP contribution is 2.26. The fraction of sp³-hybridized carbons (Fsp3) is 0.524. The summed E-state index contributed by atoms with van der Waals surface area (Å²) in [6.45, 7) is 6.80. The van der Waals surface area contributed by atoms with Crippen molar-refractivity contribution in [2.45, 2.75) is 63.8 Å². The maximum absolute atomic E-state index is 12.8. The topological polar surface area (TPSA) is 58.4 Å². The molecule has 1 aromatic carbocycles. The normalized spacial score (nSPS) is 18.5. The van der Waals surface area contributed by atoms with Gasteiger partial charge in [-0.2, -0.15) is 0 Å². The van der Waals surface area contributed by atoms with E-state index in [1.807, 2.05) is 17.2 Å². The maximum atomic E-state index is 12.8. The molecule has 5 nitrogen and oxygen atoms in total. The number of hydrogen-bond acceptors (Lipinski definition) is 4. The molecule has 2 unspecified atom stereocenters. The molecule has 1 aromatic heterocycles. The Hall–Kier alpha value is -1.79. The lowest BCUT2D eigenvalue weighted by Crippen LogP contribution is -2.45. The molecule has 0 saturated carbocycles. The number of likely N-dealkylation sites (tertiary alicyclic amines) is 1. The van der Waals surface area contributed by atoms with Crippen LogP contribution < -0.4 is 0 Å². The van der Waals surface area contributed by atoms with Gasteiger partial charge >= 0.3 is 0 Å². The maximum Gasteiger partial charge on any atom is 0.233 e. The standard InChI is InChI=1S/C21H29N3O2S/c1-15-7-6-9-19(17(15)3)24-12-10-22-21(24)27-14-20(26)23-11-5-4-8-18(23)13-16(2)25/h6-7,9-10,12,16,18,25H,4-5,8,11,13-14H2,1-3H3. The third-order valence-corrected chi connectivity index (χ3v) is 6.28. The molecule has 27 heavy (non-hydrogen) atoms. The molecule has 2 atom stereocenters. The molecule has 1 aliphatic rings. The van der Waals surface area contributed by atoms with Crippen LogP contribution in [0, 0.1) is 13.8 Å². The molecule has 1 amide bonds. The number of aliphatic hydroxyl groups excluding tert-OH is 1. The van der Waals surface area contributed by atoms with Crippen LogP contribution in [0.2, 0.25) is 0 Å². The van der Waals surface area contributed by atoms with E-state index < -0.39 is 0 Å². The summed E-state index contributed by atoms with van der Waals surface area (Å²) < 4.78 is 2.06. The number of rotatable bonds is 6. The highest BCUT2D eigenvalue weighted by molar-refractivity contribution is 7.99. The zero-order valence-corrected chi connectivity index (χ0v) is 17.2. The van der Waals surface area contributed by atoms with Crippen LogP contribution in [0.4, 0.5) is 0 Å². The highest BCUT2D eigenvalue weighted by atomic mass is 32.2. The molecular weight excluding hydrogens is 358 g/mol. The molecular formula is C21H29N3O2S. The number of aromatic nitrogens is 2. The Morgan fingerprint density at radius 3 is 2.96 bits per heavy atom. The summed E-state index contributed by atoms with van der Waals surface area (Å²) in [6, 6.07) is 6.39. The summed E-state index contributed by atoms with van der Waals surface area (Å²) >= 11 is 1.48. The number of carbonyl (C=O) groups excluding carboxylic acids is 1. The smallest absolute Gasteiger partial charge is 0.233 e. The molecule has 1 fully saturated rings. The van der Waals surface area contributed by atoms with E-state index in [0.717, 1.165) is 36.7 Å². The van der Waals surface area contributed by atoms with Crippen molar-refractivity contribution in [1.29, 1.82) is 0 Å². The zero-order valence-electron chi connectivity index (χ0n) is 16.4. The largest absolute Gasteiger partial charge is 0.393 e. The molecule has 1 saturated heterocycles. The number of aliphatic hydroxyl groups is 1. The molecule has 2 aromatic rings. The summed E-state index contributed by atoms with van der Waals surface area (Å²) in [5, 5.41) is 10.6. The van der Waals surface area contributed by atoms with Crippen LogP contribution in [0.1, 0.15) is 43.7 Å². The summed E-state index contributed by atoms with van der Waals surface area (Å²) in [5.41, 5.74) is 3.56. The third-order valence-electron chi connectivity index (χ3n) is 5.33. The number of piperidine rings is 1. The second-order valence-corrected chi connectivity index (χ2v) is 8.35. The minimum Gasteiger partial charge on any atom is -0.393 e. The number of hydrogen-bond donors (Lipinski definition) is 1. The van der Waals surface area contributed by atoms with Gasteiger partial charge in [-0.05, 0) is 63.6 Å². The van der Waals surface area contributed by atoms with Crippen molar-refractivity contribution < 1.29 is 9.90 Å². The number of thioether (sulfide) groups is 1. The molecule has 1 N–H and O–H groups in total. The van der Waals surface area contributed by atoms with Crippen LogP contribution in [0.15, 0.2) is 35.7 Å². The minimum atomic E-state index is -0.376. The highest BCUT2D eigenvalue weighted by Gasteiger charge is 2.27. The summed E-state index contributed by atoms with van der Waals surface area (Å²) in [7, 11) is 0. The lowest BCUT2D eigenvalue weighted by molar-refractivity contribution is -0.132. The first-order valence-corrected chi connectivity index (χ1v) is 10.7. The Kier molecular flexibility index (Phi) is 6.60. The molecule has 0 radical (unpaired) electrons. The van der Waals surface area contributed by atoms with E-state index in [2.05, 4.69) is 35.5 Å². The summed E-state index contributed by atoms with van der Waals surface area (Å²) in [6.07, 6.45) is 7.18. The van der Waals surface area contributed by atoms with E-state index in [1.54, 1.807) is 13.1 Å². The minimum absolute atomic E-state index is 0.140. The molecule has 0 bridgehead atoms. The predicted molar refractivity (Wildman–Crippen MR) is 109 cm³/mol. The van der Waals surface area contributed by atoms with Crippen molar-refractivity contribution in [2.75, 3.05) is 12.3 Å². The van der Waals surface area contributed by atoms with Crippen LogP contribution in [0.3, 0.4) is 0 Å². The zero-order chi connectivity index (χ0) is 19.4. The molecule has 0 aliphatic carbocycles. The monoisotopic (exact) mass is 387 g/mol. The Labute approximate surface area is 165 Å². The molecule has 0 spiro atoms. The van der Waals surface area contributed by atoms with Crippen molar-refractivity contribution in [3.63, 3.8) is 0 Å².